The monoisotopic (exact) mass is 252 g/mol. The molecular weight excluding hydrogens is 236 g/mol. The van der Waals surface area contributed by atoms with Crippen LogP contribution < -0.4 is 11.1 Å². The lowest BCUT2D eigenvalue weighted by atomic mass is 10.1. The first kappa shape index (κ1) is 13.8. The van der Waals surface area contributed by atoms with Gasteiger partial charge in [-0.15, -0.1) is 0 Å². The van der Waals surface area contributed by atoms with Crippen LogP contribution in [0.1, 0.15) is 22.8 Å². The van der Waals surface area contributed by atoms with Crippen molar-refractivity contribution in [3.8, 4) is 5.75 Å². The number of hydrogen-bond acceptors (Lipinski definition) is 5. The highest BCUT2D eigenvalue weighted by atomic mass is 16.5. The van der Waals surface area contributed by atoms with Crippen LogP contribution in [0.4, 0.5) is 5.69 Å². The Kier molecular flexibility index (Phi) is 4.53. The van der Waals surface area contributed by atoms with E-state index in [9.17, 15) is 14.7 Å². The maximum Gasteiger partial charge on any atom is 0.325 e. The summed E-state index contributed by atoms with van der Waals surface area (Å²) >= 11 is 0. The second-order valence-electron chi connectivity index (χ2n) is 3.68. The van der Waals surface area contributed by atoms with E-state index in [0.717, 1.165) is 0 Å². The molecule has 18 heavy (non-hydrogen) atoms. The summed E-state index contributed by atoms with van der Waals surface area (Å²) in [6.45, 7) is 3.37. The van der Waals surface area contributed by atoms with Gasteiger partial charge >= 0.3 is 5.97 Å². The van der Waals surface area contributed by atoms with Crippen LogP contribution in [0.2, 0.25) is 0 Å². The van der Waals surface area contributed by atoms with Crippen LogP contribution in [0.25, 0.3) is 0 Å². The van der Waals surface area contributed by atoms with Gasteiger partial charge in [-0.3, -0.25) is 9.59 Å². The molecule has 0 aliphatic carbocycles. The Bertz CT molecular complexity index is 471. The molecule has 0 saturated carbocycles. The van der Waals surface area contributed by atoms with Crippen LogP contribution in [-0.4, -0.2) is 30.1 Å². The number of benzene rings is 1. The summed E-state index contributed by atoms with van der Waals surface area (Å²) in [6, 6.07) is 3.07. The Morgan fingerprint density at radius 1 is 1.44 bits per heavy atom. The number of rotatable bonds is 4. The Hall–Kier alpha value is -2.24. The number of aromatic hydroxyl groups is 1. The van der Waals surface area contributed by atoms with Crippen molar-refractivity contribution in [3.63, 3.8) is 0 Å². The van der Waals surface area contributed by atoms with E-state index in [1.54, 1.807) is 19.9 Å². The Morgan fingerprint density at radius 3 is 2.72 bits per heavy atom. The molecule has 6 nitrogen and oxygen atoms in total. The van der Waals surface area contributed by atoms with Gasteiger partial charge in [0.1, 0.15) is 12.3 Å². The van der Waals surface area contributed by atoms with Gasteiger partial charge in [0.25, 0.3) is 5.91 Å². The van der Waals surface area contributed by atoms with Gasteiger partial charge in [0, 0.05) is 0 Å². The first-order chi connectivity index (χ1) is 8.47. The molecule has 0 spiro atoms. The van der Waals surface area contributed by atoms with Gasteiger partial charge in [0.2, 0.25) is 0 Å². The average molecular weight is 252 g/mol. The molecule has 0 bridgehead atoms. The number of nitrogens with two attached hydrogens (primary N) is 1. The molecule has 1 rings (SSSR count). The lowest BCUT2D eigenvalue weighted by Crippen LogP contribution is -2.31. The third kappa shape index (κ3) is 3.13. The summed E-state index contributed by atoms with van der Waals surface area (Å²) in [7, 11) is 0. The lowest BCUT2D eigenvalue weighted by molar-refractivity contribution is -0.141. The number of carbonyl (C=O) groups excluding carboxylic acids is 2. The van der Waals surface area contributed by atoms with Crippen molar-refractivity contribution < 1.29 is 19.4 Å². The number of amides is 1. The van der Waals surface area contributed by atoms with Gasteiger partial charge in [0.05, 0.1) is 17.9 Å². The zero-order chi connectivity index (χ0) is 13.7. The number of carbonyl (C=O) groups is 2. The molecule has 98 valence electrons. The second kappa shape index (κ2) is 5.90. The average Bonchev–Trinajstić information content (AvgIpc) is 2.34. The molecule has 6 heteroatoms. The number of aryl methyl sites for hydroxylation is 1. The SMILES string of the molecule is CCOC(=O)CNC(=O)c1ccc(C)c(O)c1N. The summed E-state index contributed by atoms with van der Waals surface area (Å²) in [5, 5.41) is 12.0. The Labute approximate surface area is 105 Å². The van der Waals surface area contributed by atoms with Crippen molar-refractivity contribution in [3.05, 3.63) is 23.3 Å². The lowest BCUT2D eigenvalue weighted by Gasteiger charge is -2.09. The van der Waals surface area contributed by atoms with E-state index < -0.39 is 11.9 Å². The van der Waals surface area contributed by atoms with Crippen molar-refractivity contribution >= 4 is 17.6 Å². The minimum Gasteiger partial charge on any atom is -0.505 e. The van der Waals surface area contributed by atoms with Gasteiger partial charge in [-0.1, -0.05) is 6.07 Å². The Balaban J connectivity index is 2.74. The van der Waals surface area contributed by atoms with E-state index in [-0.39, 0.29) is 30.2 Å². The number of esters is 1. The number of ether oxygens (including phenoxy) is 1. The van der Waals surface area contributed by atoms with Gasteiger partial charge in [-0.2, -0.15) is 0 Å². The molecule has 0 unspecified atom stereocenters. The van der Waals surface area contributed by atoms with E-state index >= 15 is 0 Å². The van der Waals surface area contributed by atoms with Gasteiger partial charge in [-0.25, -0.2) is 0 Å². The van der Waals surface area contributed by atoms with Crippen molar-refractivity contribution in [1.29, 1.82) is 0 Å². The summed E-state index contributed by atoms with van der Waals surface area (Å²) in [5.41, 5.74) is 6.32. The maximum absolute atomic E-state index is 11.7. The van der Waals surface area contributed by atoms with Crippen molar-refractivity contribution in [2.75, 3.05) is 18.9 Å². The standard InChI is InChI=1S/C12H16N2O4/c1-3-18-9(15)6-14-12(17)8-5-4-7(2)11(16)10(8)13/h4-5,16H,3,6,13H2,1-2H3,(H,14,17). The van der Waals surface area contributed by atoms with Gasteiger partial charge in [0.15, 0.2) is 0 Å². The minimum absolute atomic E-state index is 0.00337. The number of hydrogen-bond donors (Lipinski definition) is 3. The summed E-state index contributed by atoms with van der Waals surface area (Å²) in [5.74, 6) is -1.18. The molecule has 0 aromatic heterocycles. The largest absolute Gasteiger partial charge is 0.505 e. The third-order valence-electron chi connectivity index (χ3n) is 2.36. The van der Waals surface area contributed by atoms with Crippen molar-refractivity contribution in [2.24, 2.45) is 0 Å². The number of anilines is 1. The van der Waals surface area contributed by atoms with E-state index in [2.05, 4.69) is 10.1 Å². The van der Waals surface area contributed by atoms with Crippen LogP contribution in [0.15, 0.2) is 12.1 Å². The zero-order valence-electron chi connectivity index (χ0n) is 10.3. The van der Waals surface area contributed by atoms with E-state index in [4.69, 9.17) is 5.73 Å². The van der Waals surface area contributed by atoms with E-state index in [1.165, 1.54) is 6.07 Å². The molecule has 1 aromatic rings. The molecule has 0 saturated heterocycles. The predicted octanol–water partition coefficient (Wildman–Crippen LogP) is 0.576. The highest BCUT2D eigenvalue weighted by Gasteiger charge is 2.15. The van der Waals surface area contributed by atoms with E-state index in [1.807, 2.05) is 0 Å². The second-order valence-corrected chi connectivity index (χ2v) is 3.68. The molecule has 0 heterocycles. The number of nitrogen functional groups attached to an aromatic ring is 1. The van der Waals surface area contributed by atoms with Crippen molar-refractivity contribution in [2.45, 2.75) is 13.8 Å². The van der Waals surface area contributed by atoms with E-state index in [0.29, 0.717) is 5.56 Å². The normalized spacial score (nSPS) is 9.89. The molecule has 4 N–H and O–H groups in total. The highest BCUT2D eigenvalue weighted by molar-refractivity contribution is 6.01. The van der Waals surface area contributed by atoms with Crippen LogP contribution in [0, 0.1) is 6.92 Å². The Morgan fingerprint density at radius 2 is 2.11 bits per heavy atom. The van der Waals surface area contributed by atoms with Crippen LogP contribution in [-0.2, 0) is 9.53 Å². The number of phenols is 1. The quantitative estimate of drug-likeness (QED) is 0.413. The summed E-state index contributed by atoms with van der Waals surface area (Å²) in [4.78, 5) is 22.8. The molecular formula is C12H16N2O4. The fourth-order valence-electron chi connectivity index (χ4n) is 1.37. The van der Waals surface area contributed by atoms with Crippen LogP contribution >= 0.6 is 0 Å². The summed E-state index contributed by atoms with van der Waals surface area (Å²) in [6.07, 6.45) is 0. The van der Waals surface area contributed by atoms with Crippen LogP contribution in [0.5, 0.6) is 5.75 Å². The van der Waals surface area contributed by atoms with Crippen molar-refractivity contribution in [1.82, 2.24) is 5.32 Å². The molecule has 0 fully saturated rings. The molecule has 0 aliphatic heterocycles. The minimum atomic E-state index is -0.532. The third-order valence-corrected chi connectivity index (χ3v) is 2.36. The predicted molar refractivity (Wildman–Crippen MR) is 66.2 cm³/mol. The fraction of sp³-hybridized carbons (Fsp3) is 0.333. The number of phenolic OH excluding ortho intramolecular Hbond substituents is 1. The molecule has 1 amide bonds. The molecule has 0 aliphatic rings. The van der Waals surface area contributed by atoms with Gasteiger partial charge < -0.3 is 20.9 Å². The molecule has 0 atom stereocenters. The summed E-state index contributed by atoms with van der Waals surface area (Å²) < 4.78 is 4.67. The van der Waals surface area contributed by atoms with Crippen LogP contribution in [0.3, 0.4) is 0 Å². The topological polar surface area (TPSA) is 102 Å². The molecule has 0 radical (unpaired) electrons. The maximum atomic E-state index is 11.7. The first-order valence-electron chi connectivity index (χ1n) is 5.49. The highest BCUT2D eigenvalue weighted by Crippen LogP contribution is 2.27. The zero-order valence-corrected chi connectivity index (χ0v) is 10.3. The smallest absolute Gasteiger partial charge is 0.325 e. The number of nitrogens with one attached hydrogen (secondary N) is 1. The first-order valence-corrected chi connectivity index (χ1v) is 5.49. The molecule has 1 aromatic carbocycles. The van der Waals surface area contributed by atoms with Gasteiger partial charge in [-0.05, 0) is 25.5 Å². The fourth-order valence-corrected chi connectivity index (χ4v) is 1.37.